The number of rotatable bonds is 5. The molecule has 0 saturated carbocycles. The summed E-state index contributed by atoms with van der Waals surface area (Å²) in [6, 6.07) is 13.0. The number of aromatic nitrogens is 1. The van der Waals surface area contributed by atoms with Crippen LogP contribution in [0, 0.1) is 6.92 Å². The highest BCUT2D eigenvalue weighted by molar-refractivity contribution is 5.82. The third-order valence-electron chi connectivity index (χ3n) is 4.05. The van der Waals surface area contributed by atoms with Gasteiger partial charge < -0.3 is 14.3 Å². The van der Waals surface area contributed by atoms with E-state index >= 15 is 0 Å². The SMILES string of the molecule is Cc1ccc(CCC(=O)N(C)Cc2cc(=O)[nH]c3ccccc23)o1. The lowest BCUT2D eigenvalue weighted by Gasteiger charge is -2.18. The summed E-state index contributed by atoms with van der Waals surface area (Å²) in [5.74, 6) is 1.69. The van der Waals surface area contributed by atoms with Crippen LogP contribution in [0.15, 0.2) is 51.7 Å². The summed E-state index contributed by atoms with van der Waals surface area (Å²) in [7, 11) is 1.76. The van der Waals surface area contributed by atoms with Crippen LogP contribution in [0.25, 0.3) is 10.9 Å². The molecular formula is C19H20N2O3. The van der Waals surface area contributed by atoms with E-state index in [0.29, 0.717) is 19.4 Å². The molecular weight excluding hydrogens is 304 g/mol. The molecule has 0 bridgehead atoms. The van der Waals surface area contributed by atoms with Crippen molar-refractivity contribution in [1.82, 2.24) is 9.88 Å². The highest BCUT2D eigenvalue weighted by Crippen LogP contribution is 2.17. The number of hydrogen-bond donors (Lipinski definition) is 1. The van der Waals surface area contributed by atoms with Crippen molar-refractivity contribution >= 4 is 16.8 Å². The van der Waals surface area contributed by atoms with E-state index < -0.39 is 0 Å². The fourth-order valence-electron chi connectivity index (χ4n) is 2.79. The first kappa shape index (κ1) is 16.1. The quantitative estimate of drug-likeness (QED) is 0.784. The first-order valence-electron chi connectivity index (χ1n) is 7.93. The van der Waals surface area contributed by atoms with Crippen LogP contribution in [0.1, 0.15) is 23.5 Å². The average Bonchev–Trinajstić information content (AvgIpc) is 2.97. The summed E-state index contributed by atoms with van der Waals surface area (Å²) >= 11 is 0. The summed E-state index contributed by atoms with van der Waals surface area (Å²) in [6.45, 7) is 2.29. The standard InChI is InChI=1S/C19H20N2O3/c1-13-7-8-15(24-13)9-10-19(23)21(2)12-14-11-18(22)20-17-6-4-3-5-16(14)17/h3-8,11H,9-10,12H2,1-2H3,(H,20,22). The lowest BCUT2D eigenvalue weighted by molar-refractivity contribution is -0.130. The van der Waals surface area contributed by atoms with Gasteiger partial charge in [0.1, 0.15) is 11.5 Å². The average molecular weight is 324 g/mol. The smallest absolute Gasteiger partial charge is 0.248 e. The summed E-state index contributed by atoms with van der Waals surface area (Å²) in [5, 5.41) is 0.957. The Bertz CT molecular complexity index is 924. The van der Waals surface area contributed by atoms with Crippen molar-refractivity contribution in [3.8, 4) is 0 Å². The molecule has 0 fully saturated rings. The Balaban J connectivity index is 1.71. The van der Waals surface area contributed by atoms with E-state index in [1.807, 2.05) is 43.3 Å². The van der Waals surface area contributed by atoms with Gasteiger partial charge >= 0.3 is 0 Å². The van der Waals surface area contributed by atoms with Gasteiger partial charge in [0, 0.05) is 43.4 Å². The predicted octanol–water partition coefficient (Wildman–Crippen LogP) is 3.02. The molecule has 0 atom stereocenters. The molecule has 124 valence electrons. The molecule has 24 heavy (non-hydrogen) atoms. The predicted molar refractivity (Wildman–Crippen MR) is 92.8 cm³/mol. The van der Waals surface area contributed by atoms with E-state index in [1.54, 1.807) is 18.0 Å². The highest BCUT2D eigenvalue weighted by Gasteiger charge is 2.13. The van der Waals surface area contributed by atoms with Crippen LogP contribution in [0.5, 0.6) is 0 Å². The second-order valence-electron chi connectivity index (χ2n) is 5.97. The van der Waals surface area contributed by atoms with Crippen LogP contribution in [0.2, 0.25) is 0 Å². The van der Waals surface area contributed by atoms with Gasteiger partial charge in [0.2, 0.25) is 11.5 Å². The van der Waals surface area contributed by atoms with Gasteiger partial charge in [-0.3, -0.25) is 9.59 Å². The highest BCUT2D eigenvalue weighted by atomic mass is 16.3. The van der Waals surface area contributed by atoms with Gasteiger partial charge in [0.15, 0.2) is 0 Å². The van der Waals surface area contributed by atoms with Crippen molar-refractivity contribution in [2.24, 2.45) is 0 Å². The summed E-state index contributed by atoms with van der Waals surface area (Å²) in [4.78, 5) is 28.6. The maximum atomic E-state index is 12.3. The first-order valence-corrected chi connectivity index (χ1v) is 7.93. The van der Waals surface area contributed by atoms with Gasteiger partial charge in [-0.2, -0.15) is 0 Å². The van der Waals surface area contributed by atoms with Crippen molar-refractivity contribution in [3.05, 3.63) is 69.9 Å². The maximum absolute atomic E-state index is 12.3. The van der Waals surface area contributed by atoms with Crippen LogP contribution in [-0.4, -0.2) is 22.8 Å². The number of aromatic amines is 1. The van der Waals surface area contributed by atoms with E-state index in [1.165, 1.54) is 0 Å². The third-order valence-corrected chi connectivity index (χ3v) is 4.05. The molecule has 5 heteroatoms. The normalized spacial score (nSPS) is 10.9. The molecule has 0 spiro atoms. The number of H-pyrrole nitrogens is 1. The van der Waals surface area contributed by atoms with E-state index in [9.17, 15) is 9.59 Å². The number of carbonyl (C=O) groups excluding carboxylic acids is 1. The third kappa shape index (κ3) is 3.56. The van der Waals surface area contributed by atoms with E-state index in [0.717, 1.165) is 28.0 Å². The maximum Gasteiger partial charge on any atom is 0.248 e. The molecule has 1 aromatic carbocycles. The Morgan fingerprint density at radius 3 is 2.75 bits per heavy atom. The number of hydrogen-bond acceptors (Lipinski definition) is 3. The van der Waals surface area contributed by atoms with Gasteiger partial charge in [-0.05, 0) is 30.7 Å². The molecule has 0 unspecified atom stereocenters. The minimum Gasteiger partial charge on any atom is -0.466 e. The van der Waals surface area contributed by atoms with E-state index in [2.05, 4.69) is 4.98 Å². The van der Waals surface area contributed by atoms with Crippen LogP contribution in [-0.2, 0) is 17.8 Å². The Morgan fingerprint density at radius 1 is 1.21 bits per heavy atom. The molecule has 1 N–H and O–H groups in total. The first-order chi connectivity index (χ1) is 11.5. The number of nitrogens with one attached hydrogen (secondary N) is 1. The van der Waals surface area contributed by atoms with Gasteiger partial charge in [-0.15, -0.1) is 0 Å². The van der Waals surface area contributed by atoms with Crippen molar-refractivity contribution in [1.29, 1.82) is 0 Å². The van der Waals surface area contributed by atoms with Gasteiger partial charge in [0.05, 0.1) is 0 Å². The molecule has 0 aliphatic carbocycles. The molecule has 0 aliphatic rings. The molecule has 1 amide bonds. The van der Waals surface area contributed by atoms with Crippen LogP contribution < -0.4 is 5.56 Å². The Labute approximate surface area is 139 Å². The van der Waals surface area contributed by atoms with E-state index in [4.69, 9.17) is 4.42 Å². The number of aryl methyl sites for hydroxylation is 2. The van der Waals surface area contributed by atoms with Crippen LogP contribution in [0.4, 0.5) is 0 Å². The summed E-state index contributed by atoms with van der Waals surface area (Å²) in [6.07, 6.45) is 0.956. The van der Waals surface area contributed by atoms with Crippen LogP contribution >= 0.6 is 0 Å². The van der Waals surface area contributed by atoms with Gasteiger partial charge in [0.25, 0.3) is 0 Å². The molecule has 0 radical (unpaired) electrons. The number of nitrogens with zero attached hydrogens (tertiary/aromatic N) is 1. The molecule has 3 rings (SSSR count). The lowest BCUT2D eigenvalue weighted by Crippen LogP contribution is -2.27. The van der Waals surface area contributed by atoms with Crippen molar-refractivity contribution in [3.63, 3.8) is 0 Å². The number of furan rings is 1. The Kier molecular flexibility index (Phi) is 4.51. The van der Waals surface area contributed by atoms with Crippen molar-refractivity contribution in [2.45, 2.75) is 26.3 Å². The largest absolute Gasteiger partial charge is 0.466 e. The van der Waals surface area contributed by atoms with Gasteiger partial charge in [-0.1, -0.05) is 18.2 Å². The number of carbonyl (C=O) groups is 1. The summed E-state index contributed by atoms with van der Waals surface area (Å²) in [5.41, 5.74) is 1.47. The number of amides is 1. The van der Waals surface area contributed by atoms with Gasteiger partial charge in [-0.25, -0.2) is 0 Å². The van der Waals surface area contributed by atoms with Crippen molar-refractivity contribution < 1.29 is 9.21 Å². The second kappa shape index (κ2) is 6.74. The fraction of sp³-hybridized carbons (Fsp3) is 0.263. The molecule has 3 aromatic rings. The zero-order valence-electron chi connectivity index (χ0n) is 13.8. The second-order valence-corrected chi connectivity index (χ2v) is 5.97. The lowest BCUT2D eigenvalue weighted by atomic mass is 10.1. The minimum atomic E-state index is -0.157. The molecule has 5 nitrogen and oxygen atoms in total. The topological polar surface area (TPSA) is 66.3 Å². The number of benzene rings is 1. The zero-order valence-corrected chi connectivity index (χ0v) is 13.8. The zero-order chi connectivity index (χ0) is 17.1. The summed E-state index contributed by atoms with van der Waals surface area (Å²) < 4.78 is 5.49. The minimum absolute atomic E-state index is 0.0217. The number of pyridine rings is 1. The number of para-hydroxylation sites is 1. The Hall–Kier alpha value is -2.82. The number of fused-ring (bicyclic) bond motifs is 1. The van der Waals surface area contributed by atoms with Crippen LogP contribution in [0.3, 0.4) is 0 Å². The fourth-order valence-corrected chi connectivity index (χ4v) is 2.79. The molecule has 2 aromatic heterocycles. The molecule has 0 aliphatic heterocycles. The molecule has 2 heterocycles. The monoisotopic (exact) mass is 324 g/mol. The Morgan fingerprint density at radius 2 is 2.00 bits per heavy atom. The van der Waals surface area contributed by atoms with Crippen molar-refractivity contribution in [2.75, 3.05) is 7.05 Å². The van der Waals surface area contributed by atoms with E-state index in [-0.39, 0.29) is 11.5 Å². The molecule has 0 saturated heterocycles.